The molecular weight excluding hydrogens is 142 g/mol. The summed E-state index contributed by atoms with van der Waals surface area (Å²) in [5, 5.41) is 3.79. The molecule has 0 aliphatic rings. The van der Waals surface area contributed by atoms with E-state index in [9.17, 15) is 4.79 Å². The van der Waals surface area contributed by atoms with Gasteiger partial charge in [0.15, 0.2) is 0 Å². The van der Waals surface area contributed by atoms with Gasteiger partial charge < -0.3 is 5.73 Å². The number of nitrogens with zero attached hydrogens (tertiary/aromatic N) is 1. The van der Waals surface area contributed by atoms with Crippen molar-refractivity contribution in [2.24, 2.45) is 16.8 Å². The summed E-state index contributed by atoms with van der Waals surface area (Å²) in [5.74, 6) is 0.391. The van der Waals surface area contributed by atoms with Crippen LogP contribution in [0.4, 0.5) is 4.79 Å². The summed E-state index contributed by atoms with van der Waals surface area (Å²) in [6, 6.07) is -0.618. The summed E-state index contributed by atoms with van der Waals surface area (Å²) in [4.78, 5) is 10.2. The average molecular weight is 157 g/mol. The van der Waals surface area contributed by atoms with Crippen LogP contribution in [-0.4, -0.2) is 11.7 Å². The van der Waals surface area contributed by atoms with Crippen LogP contribution in [0.1, 0.15) is 27.2 Å². The Labute approximate surface area is 66.8 Å². The van der Waals surface area contributed by atoms with Gasteiger partial charge in [0.1, 0.15) is 0 Å². The lowest BCUT2D eigenvalue weighted by molar-refractivity contribution is 0.249. The lowest BCUT2D eigenvalue weighted by Gasteiger charge is -2.06. The Morgan fingerprint density at radius 1 is 1.73 bits per heavy atom. The van der Waals surface area contributed by atoms with Crippen molar-refractivity contribution in [2.45, 2.75) is 27.2 Å². The fraction of sp³-hybridized carbons (Fsp3) is 0.714. The fourth-order valence-electron chi connectivity index (χ4n) is 0.549. The normalized spacial score (nSPS) is 14.3. The molecular formula is C7H15N3O. The molecule has 64 valence electrons. The molecule has 2 amide bonds. The van der Waals surface area contributed by atoms with E-state index in [4.69, 9.17) is 5.73 Å². The molecule has 0 aliphatic heterocycles. The summed E-state index contributed by atoms with van der Waals surface area (Å²) in [6.07, 6.45) is 1.01. The van der Waals surface area contributed by atoms with Crippen LogP contribution >= 0.6 is 0 Å². The summed E-state index contributed by atoms with van der Waals surface area (Å²) in [5.41, 5.74) is 7.91. The van der Waals surface area contributed by atoms with Gasteiger partial charge in [0.25, 0.3) is 0 Å². The zero-order chi connectivity index (χ0) is 8.85. The number of primary amides is 1. The molecule has 0 saturated heterocycles. The lowest BCUT2D eigenvalue weighted by atomic mass is 10.1. The van der Waals surface area contributed by atoms with Gasteiger partial charge in [-0.05, 0) is 19.3 Å². The Morgan fingerprint density at radius 3 is 2.64 bits per heavy atom. The molecule has 0 rings (SSSR count). The van der Waals surface area contributed by atoms with Gasteiger partial charge in [-0.2, -0.15) is 5.10 Å². The maximum Gasteiger partial charge on any atom is 0.332 e. The zero-order valence-electron chi connectivity index (χ0n) is 7.22. The fourth-order valence-corrected chi connectivity index (χ4v) is 0.549. The molecule has 0 radical (unpaired) electrons. The van der Waals surface area contributed by atoms with Crippen molar-refractivity contribution in [1.29, 1.82) is 0 Å². The number of amides is 2. The SMILES string of the molecule is CC[C@@H](C)/C(C)=N\NC(N)=O. The van der Waals surface area contributed by atoms with Gasteiger partial charge in [-0.15, -0.1) is 0 Å². The second kappa shape index (κ2) is 4.71. The Balaban J connectivity index is 3.89. The Hall–Kier alpha value is -1.06. The largest absolute Gasteiger partial charge is 0.350 e. The Kier molecular flexibility index (Phi) is 4.26. The third kappa shape index (κ3) is 4.36. The van der Waals surface area contributed by atoms with Crippen LogP contribution in [0.2, 0.25) is 0 Å². The number of nitrogens with two attached hydrogens (primary N) is 1. The van der Waals surface area contributed by atoms with Gasteiger partial charge in [-0.3, -0.25) is 0 Å². The first-order chi connectivity index (χ1) is 5.07. The highest BCUT2D eigenvalue weighted by molar-refractivity contribution is 5.85. The second-order valence-corrected chi connectivity index (χ2v) is 2.54. The highest BCUT2D eigenvalue weighted by Gasteiger charge is 2.01. The van der Waals surface area contributed by atoms with Crippen molar-refractivity contribution in [3.05, 3.63) is 0 Å². The van der Waals surface area contributed by atoms with Crippen molar-refractivity contribution >= 4 is 11.7 Å². The summed E-state index contributed by atoms with van der Waals surface area (Å²) in [7, 11) is 0. The second-order valence-electron chi connectivity index (χ2n) is 2.54. The van der Waals surface area contributed by atoms with Gasteiger partial charge >= 0.3 is 6.03 Å². The molecule has 3 N–H and O–H groups in total. The van der Waals surface area contributed by atoms with E-state index in [0.717, 1.165) is 12.1 Å². The molecule has 4 heteroatoms. The quantitative estimate of drug-likeness (QED) is 0.467. The monoisotopic (exact) mass is 157 g/mol. The molecule has 0 bridgehead atoms. The van der Waals surface area contributed by atoms with Gasteiger partial charge in [0.05, 0.1) is 0 Å². The first kappa shape index (κ1) is 9.94. The van der Waals surface area contributed by atoms with Gasteiger partial charge in [-0.1, -0.05) is 13.8 Å². The highest BCUT2D eigenvalue weighted by Crippen LogP contribution is 2.01. The van der Waals surface area contributed by atoms with Crippen LogP contribution in [0.3, 0.4) is 0 Å². The summed E-state index contributed by atoms with van der Waals surface area (Å²) >= 11 is 0. The molecule has 0 aromatic rings. The number of carbonyl (C=O) groups is 1. The standard InChI is InChI=1S/C7H15N3O/c1-4-5(2)6(3)9-10-7(8)11/h5H,4H2,1-3H3,(H3,8,10,11)/b9-6-/t5-/m1/s1. The van der Waals surface area contributed by atoms with Crippen molar-refractivity contribution in [2.75, 3.05) is 0 Å². The van der Waals surface area contributed by atoms with E-state index < -0.39 is 6.03 Å². The molecule has 4 nitrogen and oxygen atoms in total. The number of carbonyl (C=O) groups excluding carboxylic acids is 1. The molecule has 0 fully saturated rings. The predicted molar refractivity (Wildman–Crippen MR) is 45.3 cm³/mol. The van der Waals surface area contributed by atoms with E-state index in [0.29, 0.717) is 5.92 Å². The lowest BCUT2D eigenvalue weighted by Crippen LogP contribution is -2.26. The van der Waals surface area contributed by atoms with E-state index in [1.807, 2.05) is 13.8 Å². The third-order valence-corrected chi connectivity index (χ3v) is 1.67. The van der Waals surface area contributed by atoms with Crippen molar-refractivity contribution < 1.29 is 4.79 Å². The van der Waals surface area contributed by atoms with Crippen molar-refractivity contribution in [1.82, 2.24) is 5.43 Å². The molecule has 0 saturated carbocycles. The van der Waals surface area contributed by atoms with Crippen LogP contribution in [0, 0.1) is 5.92 Å². The summed E-state index contributed by atoms with van der Waals surface area (Å²) < 4.78 is 0. The predicted octanol–water partition coefficient (Wildman–Crippen LogP) is 1.08. The Bertz CT molecular complexity index is 165. The number of urea groups is 1. The third-order valence-electron chi connectivity index (χ3n) is 1.67. The Morgan fingerprint density at radius 2 is 2.27 bits per heavy atom. The molecule has 0 unspecified atom stereocenters. The van der Waals surface area contributed by atoms with E-state index in [1.54, 1.807) is 0 Å². The van der Waals surface area contributed by atoms with Crippen LogP contribution in [0.25, 0.3) is 0 Å². The molecule has 0 spiro atoms. The van der Waals surface area contributed by atoms with E-state index in [-0.39, 0.29) is 0 Å². The van der Waals surface area contributed by atoms with Crippen LogP contribution in [-0.2, 0) is 0 Å². The van der Waals surface area contributed by atoms with E-state index in [1.165, 1.54) is 0 Å². The smallest absolute Gasteiger partial charge is 0.332 e. The maximum absolute atomic E-state index is 10.2. The first-order valence-corrected chi connectivity index (χ1v) is 3.67. The van der Waals surface area contributed by atoms with Gasteiger partial charge in [0.2, 0.25) is 0 Å². The average Bonchev–Trinajstić information content (AvgIpc) is 1.98. The topological polar surface area (TPSA) is 67.5 Å². The molecule has 0 aromatic carbocycles. The first-order valence-electron chi connectivity index (χ1n) is 3.67. The molecule has 11 heavy (non-hydrogen) atoms. The van der Waals surface area contributed by atoms with E-state index in [2.05, 4.69) is 17.5 Å². The molecule has 0 aromatic heterocycles. The number of hydrazone groups is 1. The molecule has 0 heterocycles. The summed E-state index contributed by atoms with van der Waals surface area (Å²) in [6.45, 7) is 5.97. The van der Waals surface area contributed by atoms with Crippen molar-refractivity contribution in [3.63, 3.8) is 0 Å². The number of hydrogen-bond acceptors (Lipinski definition) is 2. The van der Waals surface area contributed by atoms with Crippen LogP contribution in [0.15, 0.2) is 5.10 Å². The van der Waals surface area contributed by atoms with Crippen molar-refractivity contribution in [3.8, 4) is 0 Å². The van der Waals surface area contributed by atoms with Gasteiger partial charge in [0, 0.05) is 5.71 Å². The number of rotatable bonds is 3. The molecule has 1 atom stereocenters. The maximum atomic E-state index is 10.2. The number of hydrogen-bond donors (Lipinski definition) is 2. The highest BCUT2D eigenvalue weighted by atomic mass is 16.2. The number of nitrogens with one attached hydrogen (secondary N) is 1. The minimum absolute atomic E-state index is 0.391. The minimum Gasteiger partial charge on any atom is -0.350 e. The zero-order valence-corrected chi connectivity index (χ0v) is 7.22. The molecule has 0 aliphatic carbocycles. The minimum atomic E-state index is -0.618. The van der Waals surface area contributed by atoms with Crippen LogP contribution < -0.4 is 11.2 Å². The van der Waals surface area contributed by atoms with E-state index >= 15 is 0 Å². The van der Waals surface area contributed by atoms with Crippen LogP contribution in [0.5, 0.6) is 0 Å². The van der Waals surface area contributed by atoms with Gasteiger partial charge in [-0.25, -0.2) is 10.2 Å².